The molecule has 4 aromatic rings. The van der Waals surface area contributed by atoms with Crippen LogP contribution in [0.1, 0.15) is 6.42 Å². The summed E-state index contributed by atoms with van der Waals surface area (Å²) in [4.78, 5) is 9.25. The maximum Gasteiger partial charge on any atom is 0.166 e. The number of likely N-dealkylation sites (N-methyl/N-ethyl adjacent to an activating group) is 1. The molecule has 0 N–H and O–H groups in total. The molecular formula is C30H31F2N3O3. The standard InChI is InChI=1S/C30H31F2N3O3/c1-34-12-14-35(15-13-34)11-4-16-37-30-20-26-24(19-29(30)36-2)27(9-10-33-26)38-28-8-7-22(18-25(28)32)21-5-3-6-23(31)17-21/h3,5-10,17-20H,4,11-16H2,1-2H3. The first-order valence-electron chi connectivity index (χ1n) is 12.7. The van der Waals surface area contributed by atoms with E-state index in [0.29, 0.717) is 45.9 Å². The van der Waals surface area contributed by atoms with E-state index in [9.17, 15) is 8.78 Å². The Morgan fingerprint density at radius 1 is 0.842 bits per heavy atom. The molecule has 8 heteroatoms. The minimum Gasteiger partial charge on any atom is -0.493 e. The summed E-state index contributed by atoms with van der Waals surface area (Å²) in [6, 6.07) is 15.9. The Morgan fingerprint density at radius 2 is 1.66 bits per heavy atom. The summed E-state index contributed by atoms with van der Waals surface area (Å²) in [7, 11) is 3.73. The average Bonchev–Trinajstić information content (AvgIpc) is 2.93. The quantitative estimate of drug-likeness (QED) is 0.253. The lowest BCUT2D eigenvalue weighted by molar-refractivity contribution is 0.145. The molecule has 0 amide bonds. The number of hydrogen-bond donors (Lipinski definition) is 0. The maximum atomic E-state index is 15.0. The number of benzene rings is 3. The van der Waals surface area contributed by atoms with Crippen LogP contribution in [0.25, 0.3) is 22.0 Å². The molecule has 0 radical (unpaired) electrons. The largest absolute Gasteiger partial charge is 0.493 e. The van der Waals surface area contributed by atoms with Gasteiger partial charge in [0.25, 0.3) is 0 Å². The number of piperazine rings is 1. The summed E-state index contributed by atoms with van der Waals surface area (Å²) in [6.45, 7) is 5.90. The first kappa shape index (κ1) is 25.9. The molecule has 5 rings (SSSR count). The number of methoxy groups -OCH3 is 1. The third-order valence-corrected chi connectivity index (χ3v) is 6.77. The van der Waals surface area contributed by atoms with Crippen molar-refractivity contribution in [2.24, 2.45) is 0 Å². The van der Waals surface area contributed by atoms with Gasteiger partial charge in [-0.3, -0.25) is 4.98 Å². The monoisotopic (exact) mass is 519 g/mol. The molecule has 1 aromatic heterocycles. The molecule has 0 bridgehead atoms. The Hall–Kier alpha value is -3.75. The Bertz CT molecular complexity index is 1410. The van der Waals surface area contributed by atoms with Gasteiger partial charge in [0.15, 0.2) is 23.1 Å². The van der Waals surface area contributed by atoms with E-state index in [1.165, 1.54) is 24.3 Å². The van der Waals surface area contributed by atoms with Crippen LogP contribution in [0.5, 0.6) is 23.0 Å². The Morgan fingerprint density at radius 3 is 2.42 bits per heavy atom. The van der Waals surface area contributed by atoms with Crippen LogP contribution in [-0.2, 0) is 0 Å². The van der Waals surface area contributed by atoms with Crippen LogP contribution >= 0.6 is 0 Å². The Balaban J connectivity index is 1.30. The SMILES string of the molecule is COc1cc2c(Oc3ccc(-c4cccc(F)c4)cc3F)ccnc2cc1OCCCN1CCN(C)CC1. The minimum absolute atomic E-state index is 0.0563. The van der Waals surface area contributed by atoms with Crippen LogP contribution in [0.15, 0.2) is 66.9 Å². The second-order valence-corrected chi connectivity index (χ2v) is 9.43. The molecule has 0 spiro atoms. The number of nitrogens with zero attached hydrogens (tertiary/aromatic N) is 3. The van der Waals surface area contributed by atoms with Crippen molar-refractivity contribution in [2.45, 2.75) is 6.42 Å². The van der Waals surface area contributed by atoms with Crippen molar-refractivity contribution in [3.63, 3.8) is 0 Å². The van der Waals surface area contributed by atoms with Crippen molar-refractivity contribution in [1.29, 1.82) is 0 Å². The molecule has 0 aliphatic carbocycles. The van der Waals surface area contributed by atoms with E-state index in [1.54, 1.807) is 43.6 Å². The highest BCUT2D eigenvalue weighted by molar-refractivity contribution is 5.88. The van der Waals surface area contributed by atoms with Crippen LogP contribution in [0.4, 0.5) is 8.78 Å². The van der Waals surface area contributed by atoms with Crippen LogP contribution in [0.3, 0.4) is 0 Å². The summed E-state index contributed by atoms with van der Waals surface area (Å²) in [5.74, 6) is 0.724. The predicted octanol–water partition coefficient (Wildman–Crippen LogP) is 6.00. The third-order valence-electron chi connectivity index (χ3n) is 6.77. The zero-order valence-electron chi connectivity index (χ0n) is 21.6. The molecule has 0 saturated carbocycles. The van der Waals surface area contributed by atoms with Gasteiger partial charge in [-0.1, -0.05) is 18.2 Å². The van der Waals surface area contributed by atoms with Gasteiger partial charge in [-0.25, -0.2) is 8.78 Å². The van der Waals surface area contributed by atoms with Gasteiger partial charge in [0, 0.05) is 50.4 Å². The van der Waals surface area contributed by atoms with Gasteiger partial charge in [-0.15, -0.1) is 0 Å². The molecule has 1 fully saturated rings. The van der Waals surface area contributed by atoms with Crippen molar-refractivity contribution < 1.29 is 23.0 Å². The molecule has 1 aliphatic rings. The van der Waals surface area contributed by atoms with E-state index in [1.807, 2.05) is 6.07 Å². The van der Waals surface area contributed by atoms with Crippen molar-refractivity contribution in [3.05, 3.63) is 78.5 Å². The van der Waals surface area contributed by atoms with Gasteiger partial charge in [0.1, 0.15) is 11.6 Å². The number of ether oxygens (including phenoxy) is 3. The van der Waals surface area contributed by atoms with Gasteiger partial charge < -0.3 is 24.0 Å². The lowest BCUT2D eigenvalue weighted by Gasteiger charge is -2.32. The molecule has 6 nitrogen and oxygen atoms in total. The van der Waals surface area contributed by atoms with E-state index in [0.717, 1.165) is 39.1 Å². The molecule has 3 aromatic carbocycles. The molecule has 38 heavy (non-hydrogen) atoms. The fourth-order valence-corrected chi connectivity index (χ4v) is 4.58. The molecular weight excluding hydrogens is 488 g/mol. The van der Waals surface area contributed by atoms with Crippen molar-refractivity contribution in [3.8, 4) is 34.1 Å². The first-order chi connectivity index (χ1) is 18.5. The maximum absolute atomic E-state index is 15.0. The zero-order valence-corrected chi connectivity index (χ0v) is 21.6. The highest BCUT2D eigenvalue weighted by atomic mass is 19.1. The highest BCUT2D eigenvalue weighted by Gasteiger charge is 2.16. The third kappa shape index (κ3) is 6.03. The zero-order chi connectivity index (χ0) is 26.5. The smallest absolute Gasteiger partial charge is 0.166 e. The average molecular weight is 520 g/mol. The van der Waals surface area contributed by atoms with Crippen LogP contribution in [-0.4, -0.2) is 68.3 Å². The van der Waals surface area contributed by atoms with Gasteiger partial charge in [-0.05, 0) is 61.0 Å². The van der Waals surface area contributed by atoms with Crippen LogP contribution < -0.4 is 14.2 Å². The van der Waals surface area contributed by atoms with Gasteiger partial charge >= 0.3 is 0 Å². The number of hydrogen-bond acceptors (Lipinski definition) is 6. The first-order valence-corrected chi connectivity index (χ1v) is 12.7. The van der Waals surface area contributed by atoms with E-state index in [-0.39, 0.29) is 11.6 Å². The normalized spacial score (nSPS) is 14.5. The summed E-state index contributed by atoms with van der Waals surface area (Å²) in [5, 5.41) is 0.669. The van der Waals surface area contributed by atoms with Crippen LogP contribution in [0, 0.1) is 11.6 Å². The Kier molecular flexibility index (Phi) is 8.00. The van der Waals surface area contributed by atoms with E-state index >= 15 is 0 Å². The summed E-state index contributed by atoms with van der Waals surface area (Å²) in [5.41, 5.74) is 1.80. The van der Waals surface area contributed by atoms with Crippen LogP contribution in [0.2, 0.25) is 0 Å². The predicted molar refractivity (Wildman–Crippen MR) is 144 cm³/mol. The van der Waals surface area contributed by atoms with E-state index < -0.39 is 5.82 Å². The van der Waals surface area contributed by atoms with E-state index in [2.05, 4.69) is 21.8 Å². The summed E-state index contributed by atoms with van der Waals surface area (Å²) >= 11 is 0. The molecule has 1 saturated heterocycles. The fourth-order valence-electron chi connectivity index (χ4n) is 4.58. The molecule has 0 atom stereocenters. The topological polar surface area (TPSA) is 47.1 Å². The minimum atomic E-state index is -0.552. The number of rotatable bonds is 9. The molecule has 1 aliphatic heterocycles. The van der Waals surface area contributed by atoms with Gasteiger partial charge in [-0.2, -0.15) is 0 Å². The summed E-state index contributed by atoms with van der Waals surface area (Å²) in [6.07, 6.45) is 2.52. The van der Waals surface area contributed by atoms with Crippen molar-refractivity contribution in [1.82, 2.24) is 14.8 Å². The van der Waals surface area contributed by atoms with E-state index in [4.69, 9.17) is 14.2 Å². The number of aromatic nitrogens is 1. The second kappa shape index (κ2) is 11.8. The second-order valence-electron chi connectivity index (χ2n) is 9.43. The Labute approximate surface area is 221 Å². The lowest BCUT2D eigenvalue weighted by atomic mass is 10.1. The molecule has 2 heterocycles. The van der Waals surface area contributed by atoms with Gasteiger partial charge in [0.2, 0.25) is 0 Å². The van der Waals surface area contributed by atoms with Crippen molar-refractivity contribution >= 4 is 10.9 Å². The summed E-state index contributed by atoms with van der Waals surface area (Å²) < 4.78 is 46.2. The number of fused-ring (bicyclic) bond motifs is 1. The fraction of sp³-hybridized carbons (Fsp3) is 0.300. The lowest BCUT2D eigenvalue weighted by Crippen LogP contribution is -2.44. The van der Waals surface area contributed by atoms with Gasteiger partial charge in [0.05, 0.1) is 19.2 Å². The number of halogens is 2. The molecule has 198 valence electrons. The van der Waals surface area contributed by atoms with Crippen molar-refractivity contribution in [2.75, 3.05) is 53.5 Å². The molecule has 0 unspecified atom stereocenters. The number of pyridine rings is 1. The highest BCUT2D eigenvalue weighted by Crippen LogP contribution is 2.38.